The van der Waals surface area contributed by atoms with E-state index in [1.54, 1.807) is 11.8 Å². The van der Waals surface area contributed by atoms with E-state index < -0.39 is 5.97 Å². The lowest BCUT2D eigenvalue weighted by Gasteiger charge is -2.33. The van der Waals surface area contributed by atoms with Gasteiger partial charge < -0.3 is 20.1 Å². The number of rotatable bonds is 7. The smallest absolute Gasteiger partial charge is 0.317 e. The standard InChI is InChI=1S/C15H28N2O4/c1-4-13-10-17(8-9-21-13)15(20)16-12(3)7-5-6-11(2)14(18)19/h11-13H,4-10H2,1-3H3,(H,16,20)(H,18,19). The fourth-order valence-corrected chi connectivity index (χ4v) is 2.38. The molecule has 21 heavy (non-hydrogen) atoms. The molecule has 6 nitrogen and oxygen atoms in total. The number of nitrogens with zero attached hydrogens (tertiary/aromatic N) is 1. The normalized spacial score (nSPS) is 21.7. The highest BCUT2D eigenvalue weighted by atomic mass is 16.5. The molecule has 1 saturated heterocycles. The Labute approximate surface area is 126 Å². The van der Waals surface area contributed by atoms with Crippen molar-refractivity contribution in [2.24, 2.45) is 5.92 Å². The maximum Gasteiger partial charge on any atom is 0.317 e. The summed E-state index contributed by atoms with van der Waals surface area (Å²) in [5, 5.41) is 11.8. The van der Waals surface area contributed by atoms with E-state index in [2.05, 4.69) is 12.2 Å². The van der Waals surface area contributed by atoms with Gasteiger partial charge in [0.1, 0.15) is 0 Å². The van der Waals surface area contributed by atoms with Crippen LogP contribution in [0.1, 0.15) is 46.5 Å². The topological polar surface area (TPSA) is 78.9 Å². The number of nitrogens with one attached hydrogen (secondary N) is 1. The summed E-state index contributed by atoms with van der Waals surface area (Å²) in [5.74, 6) is -1.08. The summed E-state index contributed by atoms with van der Waals surface area (Å²) >= 11 is 0. The van der Waals surface area contributed by atoms with Crippen LogP contribution in [0.3, 0.4) is 0 Å². The van der Waals surface area contributed by atoms with E-state index in [9.17, 15) is 9.59 Å². The first-order chi connectivity index (χ1) is 9.93. The van der Waals surface area contributed by atoms with Gasteiger partial charge >= 0.3 is 12.0 Å². The van der Waals surface area contributed by atoms with Crippen molar-refractivity contribution in [3.63, 3.8) is 0 Å². The molecule has 1 aliphatic heterocycles. The molecule has 0 aromatic carbocycles. The van der Waals surface area contributed by atoms with Gasteiger partial charge in [0.15, 0.2) is 0 Å². The van der Waals surface area contributed by atoms with Gasteiger partial charge in [-0.1, -0.05) is 20.3 Å². The molecular formula is C15H28N2O4. The van der Waals surface area contributed by atoms with Gasteiger partial charge in [0.05, 0.1) is 18.6 Å². The summed E-state index contributed by atoms with van der Waals surface area (Å²) in [6, 6.07) is 0.0111. The first-order valence-electron chi connectivity index (χ1n) is 7.83. The Morgan fingerprint density at radius 3 is 2.71 bits per heavy atom. The van der Waals surface area contributed by atoms with Crippen LogP contribution in [0.5, 0.6) is 0 Å². The number of ether oxygens (including phenoxy) is 1. The third-order valence-electron chi connectivity index (χ3n) is 3.95. The fraction of sp³-hybridized carbons (Fsp3) is 0.867. The Bertz CT molecular complexity index is 349. The molecule has 1 heterocycles. The van der Waals surface area contributed by atoms with Crippen molar-refractivity contribution in [2.45, 2.75) is 58.6 Å². The van der Waals surface area contributed by atoms with Gasteiger partial charge in [-0.15, -0.1) is 0 Å². The number of amides is 2. The zero-order chi connectivity index (χ0) is 15.8. The minimum atomic E-state index is -0.759. The van der Waals surface area contributed by atoms with Crippen molar-refractivity contribution in [1.29, 1.82) is 0 Å². The molecule has 0 bridgehead atoms. The molecule has 1 rings (SSSR count). The number of carboxylic acid groups (broad SMARTS) is 1. The van der Waals surface area contributed by atoms with E-state index in [4.69, 9.17) is 9.84 Å². The van der Waals surface area contributed by atoms with Gasteiger partial charge in [-0.25, -0.2) is 4.79 Å². The van der Waals surface area contributed by atoms with Gasteiger partial charge in [0, 0.05) is 19.1 Å². The molecule has 122 valence electrons. The molecule has 0 aromatic heterocycles. The third-order valence-corrected chi connectivity index (χ3v) is 3.95. The van der Waals surface area contributed by atoms with Crippen molar-refractivity contribution in [3.8, 4) is 0 Å². The van der Waals surface area contributed by atoms with Gasteiger partial charge in [0.25, 0.3) is 0 Å². The molecule has 2 N–H and O–H groups in total. The molecule has 2 amide bonds. The number of morpholine rings is 1. The lowest BCUT2D eigenvalue weighted by Crippen LogP contribution is -2.51. The second kappa shape index (κ2) is 8.87. The highest BCUT2D eigenvalue weighted by Crippen LogP contribution is 2.11. The van der Waals surface area contributed by atoms with Crippen LogP contribution in [-0.2, 0) is 9.53 Å². The van der Waals surface area contributed by atoms with Crippen LogP contribution in [0.4, 0.5) is 4.79 Å². The van der Waals surface area contributed by atoms with E-state index in [-0.39, 0.29) is 24.1 Å². The summed E-state index contributed by atoms with van der Waals surface area (Å²) in [6.45, 7) is 7.59. The number of urea groups is 1. The SMILES string of the molecule is CCC1CN(C(=O)NC(C)CCCC(C)C(=O)O)CCO1. The van der Waals surface area contributed by atoms with E-state index in [0.717, 1.165) is 19.3 Å². The Morgan fingerprint density at radius 1 is 1.38 bits per heavy atom. The molecular weight excluding hydrogens is 272 g/mol. The second-order valence-corrected chi connectivity index (χ2v) is 5.87. The highest BCUT2D eigenvalue weighted by molar-refractivity contribution is 5.74. The number of carboxylic acids is 1. The van der Waals surface area contributed by atoms with E-state index in [1.165, 1.54) is 0 Å². The van der Waals surface area contributed by atoms with Crippen molar-refractivity contribution in [1.82, 2.24) is 10.2 Å². The van der Waals surface area contributed by atoms with Crippen molar-refractivity contribution in [2.75, 3.05) is 19.7 Å². The van der Waals surface area contributed by atoms with E-state index >= 15 is 0 Å². The summed E-state index contributed by atoms with van der Waals surface area (Å²) in [5.41, 5.74) is 0. The first kappa shape index (κ1) is 17.8. The Morgan fingerprint density at radius 2 is 2.10 bits per heavy atom. The lowest BCUT2D eigenvalue weighted by molar-refractivity contribution is -0.141. The Balaban J connectivity index is 2.25. The Kier molecular flexibility index (Phi) is 7.50. The van der Waals surface area contributed by atoms with Crippen LogP contribution < -0.4 is 5.32 Å². The van der Waals surface area contributed by atoms with Crippen LogP contribution in [0, 0.1) is 5.92 Å². The molecule has 0 aliphatic carbocycles. The van der Waals surface area contributed by atoms with Crippen LogP contribution in [-0.4, -0.2) is 53.8 Å². The second-order valence-electron chi connectivity index (χ2n) is 5.87. The molecule has 1 aliphatic rings. The molecule has 3 atom stereocenters. The van der Waals surface area contributed by atoms with Gasteiger partial charge in [-0.3, -0.25) is 4.79 Å². The van der Waals surface area contributed by atoms with Crippen molar-refractivity contribution < 1.29 is 19.4 Å². The van der Waals surface area contributed by atoms with Crippen molar-refractivity contribution in [3.05, 3.63) is 0 Å². The molecule has 1 fully saturated rings. The monoisotopic (exact) mass is 300 g/mol. The van der Waals surface area contributed by atoms with E-state index in [1.807, 2.05) is 6.92 Å². The number of aliphatic carboxylic acids is 1. The molecule has 6 heteroatoms. The highest BCUT2D eigenvalue weighted by Gasteiger charge is 2.23. The van der Waals surface area contributed by atoms with E-state index in [0.29, 0.717) is 26.1 Å². The number of carbonyl (C=O) groups is 2. The first-order valence-corrected chi connectivity index (χ1v) is 7.83. The predicted molar refractivity (Wildman–Crippen MR) is 80.2 cm³/mol. The predicted octanol–water partition coefficient (Wildman–Crippen LogP) is 2.09. The fourth-order valence-electron chi connectivity index (χ4n) is 2.38. The van der Waals surface area contributed by atoms with Crippen LogP contribution in [0.25, 0.3) is 0 Å². The van der Waals surface area contributed by atoms with Gasteiger partial charge in [-0.05, 0) is 26.2 Å². The maximum atomic E-state index is 12.1. The molecule has 0 aromatic rings. The largest absolute Gasteiger partial charge is 0.481 e. The van der Waals surface area contributed by atoms with Crippen LogP contribution in [0.15, 0.2) is 0 Å². The minimum absolute atomic E-state index is 0.0458. The molecule has 0 saturated carbocycles. The number of hydrogen-bond acceptors (Lipinski definition) is 3. The number of hydrogen-bond donors (Lipinski definition) is 2. The Hall–Kier alpha value is -1.30. The van der Waals surface area contributed by atoms with Crippen LogP contribution >= 0.6 is 0 Å². The average molecular weight is 300 g/mol. The maximum absolute atomic E-state index is 12.1. The van der Waals surface area contributed by atoms with Gasteiger partial charge in [-0.2, -0.15) is 0 Å². The quantitative estimate of drug-likeness (QED) is 0.754. The molecule has 0 spiro atoms. The zero-order valence-corrected chi connectivity index (χ0v) is 13.3. The lowest BCUT2D eigenvalue weighted by atomic mass is 10.0. The van der Waals surface area contributed by atoms with Crippen LogP contribution in [0.2, 0.25) is 0 Å². The molecule has 0 radical (unpaired) electrons. The minimum Gasteiger partial charge on any atom is -0.481 e. The summed E-state index contributed by atoms with van der Waals surface area (Å²) in [4.78, 5) is 24.7. The average Bonchev–Trinajstić information content (AvgIpc) is 2.46. The molecule has 3 unspecified atom stereocenters. The third kappa shape index (κ3) is 6.33. The summed E-state index contributed by atoms with van der Waals surface area (Å²) < 4.78 is 5.55. The number of carbonyl (C=O) groups excluding carboxylic acids is 1. The zero-order valence-electron chi connectivity index (χ0n) is 13.3. The summed E-state index contributed by atoms with van der Waals surface area (Å²) in [6.07, 6.45) is 3.29. The van der Waals surface area contributed by atoms with Gasteiger partial charge in [0.2, 0.25) is 0 Å². The van der Waals surface area contributed by atoms with Crippen molar-refractivity contribution >= 4 is 12.0 Å². The summed E-state index contributed by atoms with van der Waals surface area (Å²) in [7, 11) is 0.